The summed E-state index contributed by atoms with van der Waals surface area (Å²) >= 11 is 3.30. The topological polar surface area (TPSA) is 73.3 Å². The van der Waals surface area contributed by atoms with E-state index in [9.17, 15) is 8.42 Å². The molecule has 6 heteroatoms. The number of nitrogens with two attached hydrogens (primary N) is 1. The van der Waals surface area contributed by atoms with Crippen LogP contribution in [0.2, 0.25) is 0 Å². The predicted molar refractivity (Wildman–Crippen MR) is 63.2 cm³/mol. The van der Waals surface area contributed by atoms with Gasteiger partial charge in [0.2, 0.25) is 5.09 Å². The van der Waals surface area contributed by atoms with E-state index in [4.69, 9.17) is 9.56 Å². The van der Waals surface area contributed by atoms with Crippen molar-refractivity contribution >= 4 is 26.0 Å². The Bertz CT molecular complexity index is 601. The Hall–Kier alpha value is -1.11. The van der Waals surface area contributed by atoms with E-state index in [1.807, 2.05) is 12.1 Å². The standard InChI is InChI=1S/C10H8BrNO3S/c11-8-3-1-7(2-4-8)9-5-6-15-10(9)16(12,13)14/h1-6H,(H2,12,13,14). The number of rotatable bonds is 2. The van der Waals surface area contributed by atoms with Crippen LogP contribution in [0.25, 0.3) is 11.1 Å². The maximum atomic E-state index is 11.2. The summed E-state index contributed by atoms with van der Waals surface area (Å²) in [6.45, 7) is 0. The second-order valence-corrected chi connectivity index (χ2v) is 5.55. The molecule has 0 bridgehead atoms. The Balaban J connectivity index is 2.58. The molecule has 1 aromatic carbocycles. The lowest BCUT2D eigenvalue weighted by atomic mass is 10.1. The minimum Gasteiger partial charge on any atom is -0.451 e. The van der Waals surface area contributed by atoms with Crippen LogP contribution in [0.3, 0.4) is 0 Å². The van der Waals surface area contributed by atoms with Crippen molar-refractivity contribution in [2.24, 2.45) is 5.14 Å². The molecule has 0 saturated heterocycles. The molecule has 0 aliphatic rings. The Morgan fingerprint density at radius 3 is 2.31 bits per heavy atom. The zero-order valence-electron chi connectivity index (χ0n) is 8.05. The first-order valence-corrected chi connectivity index (χ1v) is 6.68. The molecule has 1 heterocycles. The van der Waals surface area contributed by atoms with E-state index < -0.39 is 10.0 Å². The molecule has 16 heavy (non-hydrogen) atoms. The van der Waals surface area contributed by atoms with Crippen molar-refractivity contribution in [3.63, 3.8) is 0 Å². The Morgan fingerprint density at radius 1 is 1.12 bits per heavy atom. The number of hydrogen-bond donors (Lipinski definition) is 1. The molecule has 0 amide bonds. The van der Waals surface area contributed by atoms with E-state index >= 15 is 0 Å². The van der Waals surface area contributed by atoms with Gasteiger partial charge in [0, 0.05) is 10.0 Å². The fourth-order valence-corrected chi connectivity index (χ4v) is 2.31. The van der Waals surface area contributed by atoms with E-state index in [2.05, 4.69) is 15.9 Å². The van der Waals surface area contributed by atoms with Gasteiger partial charge in [0.1, 0.15) is 0 Å². The second kappa shape index (κ2) is 4.04. The summed E-state index contributed by atoms with van der Waals surface area (Å²) in [6, 6.07) is 8.76. The first-order chi connectivity index (χ1) is 7.48. The minimum atomic E-state index is -3.83. The highest BCUT2D eigenvalue weighted by Crippen LogP contribution is 2.28. The van der Waals surface area contributed by atoms with Gasteiger partial charge in [-0.25, -0.2) is 13.6 Å². The molecule has 0 saturated carbocycles. The number of hydrogen-bond acceptors (Lipinski definition) is 3. The Morgan fingerprint density at radius 2 is 1.75 bits per heavy atom. The van der Waals surface area contributed by atoms with E-state index in [0.29, 0.717) is 5.56 Å². The number of sulfonamides is 1. The van der Waals surface area contributed by atoms with Gasteiger partial charge in [0.15, 0.2) is 0 Å². The van der Waals surface area contributed by atoms with Gasteiger partial charge in [0.25, 0.3) is 10.0 Å². The molecule has 0 unspecified atom stereocenters. The predicted octanol–water partition coefficient (Wildman–Crippen LogP) is 2.36. The summed E-state index contributed by atoms with van der Waals surface area (Å²) in [5, 5.41) is 4.83. The fourth-order valence-electron chi connectivity index (χ4n) is 1.36. The number of benzene rings is 1. The third-order valence-corrected chi connectivity index (χ3v) is 3.40. The van der Waals surface area contributed by atoms with Crippen molar-refractivity contribution < 1.29 is 12.8 Å². The molecular formula is C10H8BrNO3S. The third kappa shape index (κ3) is 2.18. The molecule has 0 aliphatic carbocycles. The first-order valence-electron chi connectivity index (χ1n) is 4.35. The van der Waals surface area contributed by atoms with Crippen molar-refractivity contribution in [1.29, 1.82) is 0 Å². The summed E-state index contributed by atoms with van der Waals surface area (Å²) in [6.07, 6.45) is 1.30. The molecule has 0 fully saturated rings. The normalized spacial score (nSPS) is 11.6. The summed E-state index contributed by atoms with van der Waals surface area (Å²) in [5.74, 6) is 0. The van der Waals surface area contributed by atoms with E-state index in [1.54, 1.807) is 18.2 Å². The Kier molecular flexibility index (Phi) is 2.88. The molecule has 2 N–H and O–H groups in total. The van der Waals surface area contributed by atoms with Crippen molar-refractivity contribution in [3.05, 3.63) is 41.1 Å². The SMILES string of the molecule is NS(=O)(=O)c1occc1-c1ccc(Br)cc1. The highest BCUT2D eigenvalue weighted by molar-refractivity contribution is 9.10. The lowest BCUT2D eigenvalue weighted by Crippen LogP contribution is -2.12. The molecule has 0 spiro atoms. The van der Waals surface area contributed by atoms with Gasteiger partial charge in [-0.1, -0.05) is 28.1 Å². The number of primary sulfonamides is 1. The maximum Gasteiger partial charge on any atom is 0.272 e. The largest absolute Gasteiger partial charge is 0.451 e. The quantitative estimate of drug-likeness (QED) is 0.925. The summed E-state index contributed by atoms with van der Waals surface area (Å²) < 4.78 is 28.3. The minimum absolute atomic E-state index is 0.213. The average molecular weight is 302 g/mol. The van der Waals surface area contributed by atoms with Crippen LogP contribution in [0, 0.1) is 0 Å². The molecular weight excluding hydrogens is 294 g/mol. The molecule has 84 valence electrons. The van der Waals surface area contributed by atoms with Gasteiger partial charge >= 0.3 is 0 Å². The van der Waals surface area contributed by atoms with Crippen molar-refractivity contribution in [2.45, 2.75) is 5.09 Å². The van der Waals surface area contributed by atoms with Gasteiger partial charge in [-0.3, -0.25) is 0 Å². The van der Waals surface area contributed by atoms with Gasteiger partial charge in [-0.2, -0.15) is 0 Å². The monoisotopic (exact) mass is 301 g/mol. The van der Waals surface area contributed by atoms with Gasteiger partial charge in [-0.05, 0) is 23.8 Å². The van der Waals surface area contributed by atoms with Crippen molar-refractivity contribution in [2.75, 3.05) is 0 Å². The molecule has 0 atom stereocenters. The second-order valence-electron chi connectivity index (χ2n) is 3.17. The fraction of sp³-hybridized carbons (Fsp3) is 0. The highest BCUT2D eigenvalue weighted by Gasteiger charge is 2.18. The number of halogens is 1. The van der Waals surface area contributed by atoms with E-state index in [0.717, 1.165) is 10.0 Å². The molecule has 0 radical (unpaired) electrons. The number of furan rings is 1. The van der Waals surface area contributed by atoms with Gasteiger partial charge in [-0.15, -0.1) is 0 Å². The van der Waals surface area contributed by atoms with Crippen LogP contribution in [-0.4, -0.2) is 8.42 Å². The maximum absolute atomic E-state index is 11.2. The van der Waals surface area contributed by atoms with Gasteiger partial charge in [0.05, 0.1) is 6.26 Å². The Labute approximate surface area is 101 Å². The zero-order valence-corrected chi connectivity index (χ0v) is 10.5. The molecule has 0 aliphatic heterocycles. The molecule has 2 rings (SSSR count). The lowest BCUT2D eigenvalue weighted by Gasteiger charge is -2.00. The van der Waals surface area contributed by atoms with Crippen LogP contribution in [0.4, 0.5) is 0 Å². The zero-order chi connectivity index (χ0) is 11.8. The molecule has 1 aromatic heterocycles. The smallest absolute Gasteiger partial charge is 0.272 e. The lowest BCUT2D eigenvalue weighted by molar-refractivity contribution is 0.452. The van der Waals surface area contributed by atoms with Gasteiger partial charge < -0.3 is 4.42 Å². The summed E-state index contributed by atoms with van der Waals surface area (Å²) in [7, 11) is -3.83. The third-order valence-electron chi connectivity index (χ3n) is 2.04. The van der Waals surface area contributed by atoms with Crippen LogP contribution in [0.5, 0.6) is 0 Å². The summed E-state index contributed by atoms with van der Waals surface area (Å²) in [4.78, 5) is 0. The first kappa shape index (κ1) is 11.4. The van der Waals surface area contributed by atoms with Crippen LogP contribution < -0.4 is 5.14 Å². The van der Waals surface area contributed by atoms with Crippen LogP contribution in [0.1, 0.15) is 0 Å². The van der Waals surface area contributed by atoms with Crippen molar-refractivity contribution in [1.82, 2.24) is 0 Å². The van der Waals surface area contributed by atoms with Crippen LogP contribution >= 0.6 is 15.9 Å². The van der Waals surface area contributed by atoms with Crippen LogP contribution in [0.15, 0.2) is 50.6 Å². The van der Waals surface area contributed by atoms with E-state index in [-0.39, 0.29) is 5.09 Å². The summed E-state index contributed by atoms with van der Waals surface area (Å²) in [5.41, 5.74) is 1.20. The van der Waals surface area contributed by atoms with Crippen LogP contribution in [-0.2, 0) is 10.0 Å². The molecule has 4 nitrogen and oxygen atoms in total. The molecule has 2 aromatic rings. The van der Waals surface area contributed by atoms with Crippen molar-refractivity contribution in [3.8, 4) is 11.1 Å². The highest BCUT2D eigenvalue weighted by atomic mass is 79.9. The average Bonchev–Trinajstić information content (AvgIpc) is 2.66. The van der Waals surface area contributed by atoms with E-state index in [1.165, 1.54) is 6.26 Å².